The minimum absolute atomic E-state index is 0.698. The van der Waals surface area contributed by atoms with Crippen LogP contribution in [0.1, 0.15) is 10.7 Å². The zero-order chi connectivity index (χ0) is 11.5. The highest BCUT2D eigenvalue weighted by atomic mass is 79.9. The lowest BCUT2D eigenvalue weighted by molar-refractivity contribution is 0.642. The first-order valence-electron chi connectivity index (χ1n) is 4.64. The van der Waals surface area contributed by atoms with Gasteiger partial charge < -0.3 is 9.88 Å². The fourth-order valence-corrected chi connectivity index (χ4v) is 3.00. The molecule has 0 aliphatic carbocycles. The van der Waals surface area contributed by atoms with Gasteiger partial charge in [-0.05, 0) is 22.0 Å². The topological polar surface area (TPSA) is 42.7 Å². The Morgan fingerprint density at radius 2 is 2.38 bits per heavy atom. The summed E-state index contributed by atoms with van der Waals surface area (Å²) in [5.41, 5.74) is 0. The van der Waals surface area contributed by atoms with Gasteiger partial charge in [0.15, 0.2) is 0 Å². The van der Waals surface area contributed by atoms with Crippen molar-refractivity contribution in [1.82, 2.24) is 20.1 Å². The lowest BCUT2D eigenvalue weighted by Crippen LogP contribution is -2.14. The van der Waals surface area contributed by atoms with Gasteiger partial charge in [0.05, 0.1) is 6.54 Å². The molecule has 2 rings (SSSR count). The van der Waals surface area contributed by atoms with E-state index in [2.05, 4.69) is 31.4 Å². The Hall–Kier alpha value is -0.430. The zero-order valence-corrected chi connectivity index (χ0v) is 11.7. The SMILES string of the molecule is Cn1cnnc1CNCc1cc(Br)c(Cl)s1. The van der Waals surface area contributed by atoms with Crippen molar-refractivity contribution < 1.29 is 0 Å². The summed E-state index contributed by atoms with van der Waals surface area (Å²) in [4.78, 5) is 1.19. The van der Waals surface area contributed by atoms with Gasteiger partial charge in [-0.15, -0.1) is 21.5 Å². The third-order valence-corrected chi connectivity index (χ3v) is 4.56. The lowest BCUT2D eigenvalue weighted by atomic mass is 10.4. The maximum atomic E-state index is 5.95. The van der Waals surface area contributed by atoms with Crippen LogP contribution in [0.2, 0.25) is 4.34 Å². The average Bonchev–Trinajstić information content (AvgIpc) is 2.76. The summed E-state index contributed by atoms with van der Waals surface area (Å²) in [6.07, 6.45) is 1.69. The predicted octanol–water partition coefficient (Wildman–Crippen LogP) is 2.58. The normalized spacial score (nSPS) is 10.9. The van der Waals surface area contributed by atoms with Crippen molar-refractivity contribution in [1.29, 1.82) is 0 Å². The third kappa shape index (κ3) is 2.82. The van der Waals surface area contributed by atoms with Crippen LogP contribution in [0, 0.1) is 0 Å². The first kappa shape index (κ1) is 12.0. The molecule has 0 radical (unpaired) electrons. The van der Waals surface area contributed by atoms with Crippen LogP contribution < -0.4 is 5.32 Å². The summed E-state index contributed by atoms with van der Waals surface area (Å²) in [5.74, 6) is 0.918. The van der Waals surface area contributed by atoms with Gasteiger partial charge in [0.2, 0.25) is 0 Å². The summed E-state index contributed by atoms with van der Waals surface area (Å²) < 4.78 is 3.63. The Balaban J connectivity index is 1.87. The number of nitrogens with zero attached hydrogens (tertiary/aromatic N) is 3. The molecule has 0 aliphatic heterocycles. The van der Waals surface area contributed by atoms with Gasteiger partial charge in [-0.1, -0.05) is 11.6 Å². The van der Waals surface area contributed by atoms with Gasteiger partial charge in [-0.25, -0.2) is 0 Å². The predicted molar refractivity (Wildman–Crippen MR) is 68.6 cm³/mol. The van der Waals surface area contributed by atoms with E-state index in [4.69, 9.17) is 11.6 Å². The molecule has 2 heterocycles. The van der Waals surface area contributed by atoms with E-state index in [1.807, 2.05) is 17.7 Å². The molecule has 1 N–H and O–H groups in total. The fourth-order valence-electron chi connectivity index (χ4n) is 1.24. The first-order chi connectivity index (χ1) is 7.66. The molecular weight excluding hydrogens is 312 g/mol. The molecule has 7 heteroatoms. The van der Waals surface area contributed by atoms with Crippen LogP contribution >= 0.6 is 38.9 Å². The standard InChI is InChI=1S/C9H10BrClN4S/c1-15-5-13-14-8(15)4-12-3-6-2-7(10)9(11)16-6/h2,5,12H,3-4H2,1H3. The molecule has 0 aromatic carbocycles. The highest BCUT2D eigenvalue weighted by Gasteiger charge is 2.05. The second-order valence-electron chi connectivity index (χ2n) is 3.30. The smallest absolute Gasteiger partial charge is 0.146 e. The molecule has 0 aliphatic rings. The van der Waals surface area contributed by atoms with Crippen LogP contribution in [0.5, 0.6) is 0 Å². The van der Waals surface area contributed by atoms with Crippen molar-refractivity contribution in [3.63, 3.8) is 0 Å². The maximum Gasteiger partial charge on any atom is 0.146 e. The number of thiophene rings is 1. The van der Waals surface area contributed by atoms with E-state index in [1.165, 1.54) is 4.88 Å². The van der Waals surface area contributed by atoms with Gasteiger partial charge in [0.1, 0.15) is 16.5 Å². The summed E-state index contributed by atoms with van der Waals surface area (Å²) in [6.45, 7) is 1.48. The first-order valence-corrected chi connectivity index (χ1v) is 6.63. The second-order valence-corrected chi connectivity index (χ2v) is 5.89. The van der Waals surface area contributed by atoms with Crippen molar-refractivity contribution >= 4 is 38.9 Å². The van der Waals surface area contributed by atoms with Crippen molar-refractivity contribution in [3.05, 3.63) is 31.9 Å². The van der Waals surface area contributed by atoms with Crippen LogP contribution in [0.15, 0.2) is 16.9 Å². The van der Waals surface area contributed by atoms with Crippen molar-refractivity contribution in [2.24, 2.45) is 7.05 Å². The van der Waals surface area contributed by atoms with Crippen molar-refractivity contribution in [2.45, 2.75) is 13.1 Å². The van der Waals surface area contributed by atoms with Gasteiger partial charge in [-0.2, -0.15) is 0 Å². The fraction of sp³-hybridized carbons (Fsp3) is 0.333. The number of halogens is 2. The molecule has 86 valence electrons. The molecule has 4 nitrogen and oxygen atoms in total. The number of hydrogen-bond donors (Lipinski definition) is 1. The number of nitrogens with one attached hydrogen (secondary N) is 1. The molecule has 0 saturated heterocycles. The van der Waals surface area contributed by atoms with Crippen LogP contribution in [0.25, 0.3) is 0 Å². The van der Waals surface area contributed by atoms with Crippen LogP contribution in [-0.2, 0) is 20.1 Å². The number of rotatable bonds is 4. The average molecular weight is 322 g/mol. The molecule has 0 spiro atoms. The van der Waals surface area contributed by atoms with Gasteiger partial charge in [0.25, 0.3) is 0 Å². The Kier molecular flexibility index (Phi) is 3.96. The molecule has 0 atom stereocenters. The molecule has 0 saturated carbocycles. The number of aromatic nitrogens is 3. The summed E-state index contributed by atoms with van der Waals surface area (Å²) in [6, 6.07) is 2.02. The highest BCUT2D eigenvalue weighted by molar-refractivity contribution is 9.10. The van der Waals surface area contributed by atoms with Gasteiger partial charge in [0, 0.05) is 22.9 Å². The van der Waals surface area contributed by atoms with E-state index in [0.29, 0.717) is 6.54 Å². The molecule has 0 bridgehead atoms. The van der Waals surface area contributed by atoms with Gasteiger partial charge >= 0.3 is 0 Å². The van der Waals surface area contributed by atoms with E-state index in [0.717, 1.165) is 21.2 Å². The summed E-state index contributed by atoms with van der Waals surface area (Å²) >= 11 is 10.9. The molecule has 2 aromatic rings. The molecule has 0 amide bonds. The Morgan fingerprint density at radius 1 is 1.56 bits per heavy atom. The minimum Gasteiger partial charge on any atom is -0.320 e. The van der Waals surface area contributed by atoms with Crippen LogP contribution in [0.4, 0.5) is 0 Å². The largest absolute Gasteiger partial charge is 0.320 e. The molecule has 0 fully saturated rings. The number of hydrogen-bond acceptors (Lipinski definition) is 4. The highest BCUT2D eigenvalue weighted by Crippen LogP contribution is 2.31. The third-order valence-electron chi connectivity index (χ3n) is 2.08. The molecular formula is C9H10BrClN4S. The minimum atomic E-state index is 0.698. The number of aryl methyl sites for hydroxylation is 1. The van der Waals surface area contributed by atoms with E-state index in [-0.39, 0.29) is 0 Å². The summed E-state index contributed by atoms with van der Waals surface area (Å²) in [7, 11) is 1.93. The zero-order valence-electron chi connectivity index (χ0n) is 8.57. The Labute approximate surface area is 111 Å². The maximum absolute atomic E-state index is 5.95. The monoisotopic (exact) mass is 320 g/mol. The molecule has 0 unspecified atom stereocenters. The summed E-state index contributed by atoms with van der Waals surface area (Å²) in [5, 5.41) is 11.1. The van der Waals surface area contributed by atoms with Crippen molar-refractivity contribution in [2.75, 3.05) is 0 Å². The lowest BCUT2D eigenvalue weighted by Gasteiger charge is -2.01. The van der Waals surface area contributed by atoms with E-state index >= 15 is 0 Å². The van der Waals surface area contributed by atoms with Crippen LogP contribution in [0.3, 0.4) is 0 Å². The second kappa shape index (κ2) is 5.27. The van der Waals surface area contributed by atoms with Crippen LogP contribution in [-0.4, -0.2) is 14.8 Å². The Bertz CT molecular complexity index is 462. The molecule has 2 aromatic heterocycles. The van der Waals surface area contributed by atoms with Crippen molar-refractivity contribution in [3.8, 4) is 0 Å². The Morgan fingerprint density at radius 3 is 2.94 bits per heavy atom. The van der Waals surface area contributed by atoms with Gasteiger partial charge in [-0.3, -0.25) is 0 Å². The quantitative estimate of drug-likeness (QED) is 0.941. The van der Waals surface area contributed by atoms with E-state index in [1.54, 1.807) is 17.7 Å². The molecule has 16 heavy (non-hydrogen) atoms. The van der Waals surface area contributed by atoms with E-state index in [9.17, 15) is 0 Å². The van der Waals surface area contributed by atoms with E-state index < -0.39 is 0 Å².